The van der Waals surface area contributed by atoms with Crippen molar-refractivity contribution in [1.29, 1.82) is 0 Å². The van der Waals surface area contributed by atoms with Gasteiger partial charge in [-0.25, -0.2) is 0 Å². The fourth-order valence-corrected chi connectivity index (χ4v) is 6.52. The molecular weight excluding hydrogens is 787 g/mol. The van der Waals surface area contributed by atoms with Crippen LogP contribution < -0.4 is 5.11 Å². The minimum absolute atomic E-state index is 0.0132. The van der Waals surface area contributed by atoms with Gasteiger partial charge in [-0.15, -0.1) is 0 Å². The number of unbranched alkanes of at least 4 members (excludes halogenated alkanes) is 15. The predicted octanol–water partition coefficient (Wildman–Crippen LogP) is 12.7. The predicted molar refractivity (Wildman–Crippen MR) is 263 cm³/mol. The van der Waals surface area contributed by atoms with Crippen molar-refractivity contribution in [3.05, 3.63) is 109 Å². The summed E-state index contributed by atoms with van der Waals surface area (Å²) in [4.78, 5) is 37.0. The summed E-state index contributed by atoms with van der Waals surface area (Å²) in [6, 6.07) is -0.743. The molecule has 0 rings (SSSR count). The van der Waals surface area contributed by atoms with E-state index in [0.29, 0.717) is 12.8 Å². The van der Waals surface area contributed by atoms with Gasteiger partial charge >= 0.3 is 11.9 Å². The second-order valence-corrected chi connectivity index (χ2v) is 17.1. The highest BCUT2D eigenvalue weighted by Gasteiger charge is 2.25. The number of allylic oxidation sites excluding steroid dienone is 18. The lowest BCUT2D eigenvalue weighted by atomic mass is 10.1. The van der Waals surface area contributed by atoms with Crippen molar-refractivity contribution < 1.29 is 38.2 Å². The first kappa shape index (κ1) is 59.0. The molecule has 2 unspecified atom stereocenters. The number of quaternary nitrogens is 1. The number of hydrogen-bond acceptors (Lipinski definition) is 7. The van der Waals surface area contributed by atoms with E-state index < -0.39 is 18.1 Å². The van der Waals surface area contributed by atoms with Gasteiger partial charge in [0.25, 0.3) is 0 Å². The van der Waals surface area contributed by atoms with Crippen molar-refractivity contribution in [3.63, 3.8) is 0 Å². The smallest absolute Gasteiger partial charge is 0.306 e. The van der Waals surface area contributed by atoms with E-state index in [0.717, 1.165) is 64.2 Å². The first-order valence-electron chi connectivity index (χ1n) is 24.5. The summed E-state index contributed by atoms with van der Waals surface area (Å²) in [6.07, 6.45) is 61.1. The molecule has 63 heavy (non-hydrogen) atoms. The summed E-state index contributed by atoms with van der Waals surface area (Å²) in [5, 5.41) is 11.7. The maximum absolute atomic E-state index is 12.7. The first-order valence-corrected chi connectivity index (χ1v) is 24.5. The number of carboxylic acid groups (broad SMARTS) is 1. The van der Waals surface area contributed by atoms with E-state index in [9.17, 15) is 19.5 Å². The molecule has 0 aromatic heterocycles. The molecule has 0 amide bonds. The molecule has 0 fully saturated rings. The van der Waals surface area contributed by atoms with Gasteiger partial charge in [-0.3, -0.25) is 9.59 Å². The topological polar surface area (TPSA) is 102 Å². The number of carboxylic acids is 1. The van der Waals surface area contributed by atoms with Crippen molar-refractivity contribution in [1.82, 2.24) is 0 Å². The zero-order chi connectivity index (χ0) is 46.3. The van der Waals surface area contributed by atoms with Gasteiger partial charge < -0.3 is 28.6 Å². The van der Waals surface area contributed by atoms with E-state index in [4.69, 9.17) is 14.2 Å². The molecule has 0 aromatic carbocycles. The van der Waals surface area contributed by atoms with Crippen LogP contribution in [0.2, 0.25) is 0 Å². The third-order valence-corrected chi connectivity index (χ3v) is 10.3. The average Bonchev–Trinajstić information content (AvgIpc) is 3.24. The van der Waals surface area contributed by atoms with Crippen LogP contribution in [0.5, 0.6) is 0 Å². The van der Waals surface area contributed by atoms with Gasteiger partial charge in [0.1, 0.15) is 12.6 Å². The molecule has 0 radical (unpaired) electrons. The Morgan fingerprint density at radius 3 is 1.48 bits per heavy atom. The number of carbonyl (C=O) groups excluding carboxylic acids is 3. The van der Waals surface area contributed by atoms with Gasteiger partial charge in [0.2, 0.25) is 0 Å². The van der Waals surface area contributed by atoms with Crippen molar-refractivity contribution in [2.45, 2.75) is 180 Å². The van der Waals surface area contributed by atoms with Gasteiger partial charge in [-0.1, -0.05) is 187 Å². The molecule has 8 nitrogen and oxygen atoms in total. The second kappa shape index (κ2) is 44.6. The second-order valence-electron chi connectivity index (χ2n) is 17.1. The van der Waals surface area contributed by atoms with Crippen LogP contribution in [0.15, 0.2) is 109 Å². The Kier molecular flexibility index (Phi) is 41.8. The lowest BCUT2D eigenvalue weighted by Gasteiger charge is -2.34. The normalized spacial score (nSPS) is 13.9. The van der Waals surface area contributed by atoms with Gasteiger partial charge in [-0.2, -0.15) is 0 Å². The number of hydrogen-bond donors (Lipinski definition) is 0. The quantitative estimate of drug-likeness (QED) is 0.0198. The van der Waals surface area contributed by atoms with Gasteiger partial charge in [0.05, 0.1) is 40.3 Å². The van der Waals surface area contributed by atoms with Crippen molar-refractivity contribution in [3.8, 4) is 0 Å². The summed E-state index contributed by atoms with van der Waals surface area (Å²) < 4.78 is 17.2. The van der Waals surface area contributed by atoms with Gasteiger partial charge in [0, 0.05) is 19.3 Å². The van der Waals surface area contributed by atoms with Crippen LogP contribution >= 0.6 is 0 Å². The molecule has 2 atom stereocenters. The van der Waals surface area contributed by atoms with Crippen LogP contribution in [0, 0.1) is 0 Å². The molecule has 356 valence electrons. The number of aliphatic carboxylic acids is 1. The number of rotatable bonds is 42. The van der Waals surface area contributed by atoms with Crippen LogP contribution in [0.3, 0.4) is 0 Å². The molecule has 0 spiro atoms. The summed E-state index contributed by atoms with van der Waals surface area (Å²) >= 11 is 0. The number of nitrogens with zero attached hydrogens (tertiary/aromatic N) is 1. The highest BCUT2D eigenvalue weighted by Crippen LogP contribution is 2.13. The van der Waals surface area contributed by atoms with E-state index in [1.165, 1.54) is 64.2 Å². The van der Waals surface area contributed by atoms with Crippen LogP contribution in [0.25, 0.3) is 0 Å². The lowest BCUT2D eigenvalue weighted by Crippen LogP contribution is -2.55. The summed E-state index contributed by atoms with van der Waals surface area (Å²) in [7, 11) is 5.38. The SMILES string of the molecule is CC/C=C/C=C/C=C/C=C/C=C/C=C/CCCCCC(=O)OC(COCCC(C(=O)[O-])[N+](C)(C)C)COC(=O)CCCCCCCCCCC/C=C/C/C=C/C/C=C/CCCCC. The Morgan fingerprint density at radius 1 is 0.508 bits per heavy atom. The molecule has 0 aliphatic heterocycles. The minimum Gasteiger partial charge on any atom is -0.544 e. The van der Waals surface area contributed by atoms with Crippen LogP contribution in [-0.4, -0.2) is 75.5 Å². The number of esters is 2. The molecular formula is C55H89NO7. The minimum atomic E-state index is -1.14. The van der Waals surface area contributed by atoms with E-state index in [1.54, 1.807) is 21.1 Å². The van der Waals surface area contributed by atoms with Crippen molar-refractivity contribution >= 4 is 17.9 Å². The Morgan fingerprint density at radius 2 is 0.952 bits per heavy atom. The average molecular weight is 876 g/mol. The monoisotopic (exact) mass is 876 g/mol. The molecule has 0 aromatic rings. The number of carbonyl (C=O) groups is 3. The Bertz CT molecular complexity index is 1390. The number of ether oxygens (including phenoxy) is 3. The molecule has 0 saturated heterocycles. The van der Waals surface area contributed by atoms with E-state index in [2.05, 4.69) is 62.5 Å². The Labute approximate surface area is 385 Å². The van der Waals surface area contributed by atoms with Gasteiger partial charge in [0.15, 0.2) is 6.10 Å². The Balaban J connectivity index is 4.37. The molecule has 0 aliphatic rings. The Hall–Kier alpha value is -4.01. The molecule has 0 N–H and O–H groups in total. The number of likely N-dealkylation sites (N-methyl/N-ethyl adjacent to an activating group) is 1. The first-order chi connectivity index (χ1) is 30.6. The van der Waals surface area contributed by atoms with Gasteiger partial charge in [-0.05, 0) is 70.6 Å². The van der Waals surface area contributed by atoms with E-state index in [-0.39, 0.29) is 49.1 Å². The highest BCUT2D eigenvalue weighted by atomic mass is 16.6. The van der Waals surface area contributed by atoms with Crippen molar-refractivity contribution in [2.75, 3.05) is 41.0 Å². The summed E-state index contributed by atoms with van der Waals surface area (Å²) in [5.41, 5.74) is 0. The zero-order valence-electron chi connectivity index (χ0n) is 40.4. The maximum Gasteiger partial charge on any atom is 0.306 e. The fraction of sp³-hybridized carbons (Fsp3) is 0.618. The largest absolute Gasteiger partial charge is 0.544 e. The van der Waals surface area contributed by atoms with E-state index in [1.807, 2.05) is 60.8 Å². The summed E-state index contributed by atoms with van der Waals surface area (Å²) in [6.45, 7) is 4.42. The third kappa shape index (κ3) is 43.0. The maximum atomic E-state index is 12.7. The van der Waals surface area contributed by atoms with Crippen LogP contribution in [0.4, 0.5) is 0 Å². The van der Waals surface area contributed by atoms with Crippen LogP contribution in [0.1, 0.15) is 168 Å². The molecule has 0 saturated carbocycles. The summed E-state index contributed by atoms with van der Waals surface area (Å²) in [5.74, 6) is -1.81. The van der Waals surface area contributed by atoms with Crippen LogP contribution in [-0.2, 0) is 28.6 Å². The van der Waals surface area contributed by atoms with Crippen molar-refractivity contribution in [2.24, 2.45) is 0 Å². The molecule has 0 aliphatic carbocycles. The lowest BCUT2D eigenvalue weighted by molar-refractivity contribution is -0.889. The third-order valence-electron chi connectivity index (χ3n) is 10.3. The molecule has 0 heterocycles. The zero-order valence-corrected chi connectivity index (χ0v) is 40.4. The van der Waals surface area contributed by atoms with E-state index >= 15 is 0 Å². The highest BCUT2D eigenvalue weighted by molar-refractivity contribution is 5.70. The fourth-order valence-electron chi connectivity index (χ4n) is 6.52. The standard InChI is InChI=1S/C55H89NO7/c1-6-8-10-12-14-16-18-20-22-24-25-26-27-28-30-31-33-35-37-39-41-43-45-53(57)62-50-51(49-61-48-47-52(55(59)60)56(3,4)5)63-54(58)46-44-42-40-38-36-34-32-29-23-21-19-17-15-13-11-9-7-2/h9,11,13-17,19-23,25-26,29,32,34,36,51-52H,6-8,10,12,18,24,27-28,30-31,33,35,37-50H2,1-5H3/b11-9+,15-13+,16-14+,19-17+,22-20+,23-21+,26-25+,32-29+,36-34+. The molecule has 8 heteroatoms. The molecule has 0 bridgehead atoms.